The molecule has 0 spiro atoms. The van der Waals surface area contributed by atoms with E-state index in [1.54, 1.807) is 4.90 Å². The van der Waals surface area contributed by atoms with Gasteiger partial charge >= 0.3 is 6.18 Å². The van der Waals surface area contributed by atoms with E-state index in [4.69, 9.17) is 0 Å². The average molecular weight is 380 g/mol. The summed E-state index contributed by atoms with van der Waals surface area (Å²) >= 11 is 0. The number of fused-ring (bicyclic) bond motifs is 1. The minimum atomic E-state index is -4.40. The van der Waals surface area contributed by atoms with Crippen molar-refractivity contribution in [2.45, 2.75) is 44.3 Å². The Hall–Kier alpha value is -2.05. The molecule has 3 aliphatic rings. The van der Waals surface area contributed by atoms with Gasteiger partial charge in [-0.3, -0.25) is 9.59 Å². The summed E-state index contributed by atoms with van der Waals surface area (Å²) in [5, 5.41) is 0. The standard InChI is InChI=1S/C20H23F3N2O2/c21-20(22,23)16-7-5-13(6-8-16)18(26)24-11-9-17-15(12-24)2-1-10-25(17)19(27)14-3-4-14/h5-8,14-15,17H,1-4,9-12H2/t15-,17+/m1/s1. The summed E-state index contributed by atoms with van der Waals surface area (Å²) in [5.74, 6) is 0.504. The third kappa shape index (κ3) is 3.69. The van der Waals surface area contributed by atoms with E-state index in [1.807, 2.05) is 4.90 Å². The van der Waals surface area contributed by atoms with Crippen LogP contribution in [0.3, 0.4) is 0 Å². The predicted octanol–water partition coefficient (Wildman–Crippen LogP) is 3.57. The van der Waals surface area contributed by atoms with E-state index in [9.17, 15) is 22.8 Å². The molecule has 4 nitrogen and oxygen atoms in total. The van der Waals surface area contributed by atoms with Gasteiger partial charge in [-0.25, -0.2) is 0 Å². The second-order valence-corrected chi connectivity index (χ2v) is 7.89. The van der Waals surface area contributed by atoms with Crippen molar-refractivity contribution >= 4 is 11.8 Å². The largest absolute Gasteiger partial charge is 0.416 e. The highest BCUT2D eigenvalue weighted by Gasteiger charge is 2.43. The van der Waals surface area contributed by atoms with Crippen LogP contribution in [-0.4, -0.2) is 47.3 Å². The summed E-state index contributed by atoms with van der Waals surface area (Å²) < 4.78 is 38.1. The number of alkyl halides is 3. The van der Waals surface area contributed by atoms with Crippen LogP contribution in [-0.2, 0) is 11.0 Å². The third-order valence-corrected chi connectivity index (χ3v) is 6.02. The van der Waals surface area contributed by atoms with Crippen LogP contribution in [0.15, 0.2) is 24.3 Å². The van der Waals surface area contributed by atoms with E-state index >= 15 is 0 Å². The summed E-state index contributed by atoms with van der Waals surface area (Å²) in [6.07, 6.45) is 0.253. The number of piperidine rings is 2. The molecule has 1 aromatic carbocycles. The van der Waals surface area contributed by atoms with Gasteiger partial charge in [0.25, 0.3) is 5.91 Å². The van der Waals surface area contributed by atoms with Crippen molar-refractivity contribution in [2.24, 2.45) is 11.8 Å². The highest BCUT2D eigenvalue weighted by molar-refractivity contribution is 5.94. The summed E-state index contributed by atoms with van der Waals surface area (Å²) in [5.41, 5.74) is -0.470. The normalized spacial score (nSPS) is 25.9. The minimum absolute atomic E-state index is 0.198. The van der Waals surface area contributed by atoms with Gasteiger partial charge in [-0.15, -0.1) is 0 Å². The minimum Gasteiger partial charge on any atom is -0.339 e. The van der Waals surface area contributed by atoms with Crippen molar-refractivity contribution in [3.63, 3.8) is 0 Å². The number of benzene rings is 1. The fourth-order valence-electron chi connectivity index (χ4n) is 4.41. The van der Waals surface area contributed by atoms with Gasteiger partial charge in [-0.05, 0) is 62.3 Å². The zero-order valence-electron chi connectivity index (χ0n) is 15.0. The Morgan fingerprint density at radius 1 is 0.963 bits per heavy atom. The topological polar surface area (TPSA) is 40.6 Å². The number of halogens is 3. The zero-order chi connectivity index (χ0) is 19.2. The van der Waals surface area contributed by atoms with Crippen LogP contribution in [0.5, 0.6) is 0 Å². The lowest BCUT2D eigenvalue weighted by Crippen LogP contribution is -2.57. The van der Waals surface area contributed by atoms with Gasteiger partial charge in [0.15, 0.2) is 0 Å². The molecule has 27 heavy (non-hydrogen) atoms. The molecule has 2 amide bonds. The highest BCUT2D eigenvalue weighted by Crippen LogP contribution is 2.37. The van der Waals surface area contributed by atoms with Gasteiger partial charge in [-0.2, -0.15) is 13.2 Å². The maximum atomic E-state index is 12.7. The number of hydrogen-bond acceptors (Lipinski definition) is 2. The van der Waals surface area contributed by atoms with E-state index < -0.39 is 11.7 Å². The van der Waals surface area contributed by atoms with Gasteiger partial charge < -0.3 is 9.80 Å². The lowest BCUT2D eigenvalue weighted by Gasteiger charge is -2.47. The Morgan fingerprint density at radius 2 is 1.67 bits per heavy atom. The molecule has 7 heteroatoms. The van der Waals surface area contributed by atoms with E-state index in [-0.39, 0.29) is 35.3 Å². The number of carbonyl (C=O) groups excluding carboxylic acids is 2. The molecule has 0 bridgehead atoms. The summed E-state index contributed by atoms with van der Waals surface area (Å²) in [6.45, 7) is 1.91. The molecule has 0 N–H and O–H groups in total. The van der Waals surface area contributed by atoms with Crippen LogP contribution in [0, 0.1) is 11.8 Å². The molecule has 2 atom stereocenters. The molecule has 1 aliphatic carbocycles. The molecule has 2 heterocycles. The van der Waals surface area contributed by atoms with Gasteiger partial charge in [0.05, 0.1) is 5.56 Å². The van der Waals surface area contributed by atoms with Crippen LogP contribution < -0.4 is 0 Å². The fraction of sp³-hybridized carbons (Fsp3) is 0.600. The molecule has 0 unspecified atom stereocenters. The van der Waals surface area contributed by atoms with Gasteiger partial charge in [0.1, 0.15) is 0 Å². The second-order valence-electron chi connectivity index (χ2n) is 7.89. The van der Waals surface area contributed by atoms with Gasteiger partial charge in [-0.1, -0.05) is 0 Å². The van der Waals surface area contributed by atoms with E-state index in [1.165, 1.54) is 12.1 Å². The lowest BCUT2D eigenvalue weighted by molar-refractivity contribution is -0.139. The average Bonchev–Trinajstić information content (AvgIpc) is 3.50. The molecule has 2 saturated heterocycles. The lowest BCUT2D eigenvalue weighted by atomic mass is 9.83. The first-order chi connectivity index (χ1) is 12.8. The first-order valence-corrected chi connectivity index (χ1v) is 9.61. The van der Waals surface area contributed by atoms with Crippen LogP contribution in [0.2, 0.25) is 0 Å². The Balaban J connectivity index is 1.43. The van der Waals surface area contributed by atoms with E-state index in [2.05, 4.69) is 0 Å². The molecular formula is C20H23F3N2O2. The first-order valence-electron chi connectivity index (χ1n) is 9.61. The fourth-order valence-corrected chi connectivity index (χ4v) is 4.41. The number of nitrogens with zero attached hydrogens (tertiary/aromatic N) is 2. The van der Waals surface area contributed by atoms with Gasteiger partial charge in [0.2, 0.25) is 5.91 Å². The number of rotatable bonds is 2. The molecule has 4 rings (SSSR count). The molecule has 146 valence electrons. The van der Waals surface area contributed by atoms with Crippen molar-refractivity contribution < 1.29 is 22.8 Å². The third-order valence-electron chi connectivity index (χ3n) is 6.02. The number of carbonyl (C=O) groups is 2. The highest BCUT2D eigenvalue weighted by atomic mass is 19.4. The van der Waals surface area contributed by atoms with Crippen molar-refractivity contribution in [1.82, 2.24) is 9.80 Å². The van der Waals surface area contributed by atoms with E-state index in [0.29, 0.717) is 13.1 Å². The van der Waals surface area contributed by atoms with Crippen LogP contribution in [0.1, 0.15) is 48.0 Å². The summed E-state index contributed by atoms with van der Waals surface area (Å²) in [4.78, 5) is 29.0. The number of hydrogen-bond donors (Lipinski definition) is 0. The molecule has 1 saturated carbocycles. The van der Waals surface area contributed by atoms with Crippen molar-refractivity contribution in [2.75, 3.05) is 19.6 Å². The van der Waals surface area contributed by atoms with Gasteiger partial charge in [0, 0.05) is 37.2 Å². The second kappa shape index (κ2) is 6.84. The summed E-state index contributed by atoms with van der Waals surface area (Å²) in [7, 11) is 0. The number of amides is 2. The van der Waals surface area contributed by atoms with E-state index in [0.717, 1.165) is 50.8 Å². The first kappa shape index (κ1) is 18.3. The monoisotopic (exact) mass is 380 g/mol. The molecule has 1 aromatic rings. The maximum absolute atomic E-state index is 12.7. The molecule has 0 radical (unpaired) electrons. The Bertz CT molecular complexity index is 728. The smallest absolute Gasteiger partial charge is 0.339 e. The van der Waals surface area contributed by atoms with Crippen molar-refractivity contribution in [3.8, 4) is 0 Å². The van der Waals surface area contributed by atoms with Crippen LogP contribution >= 0.6 is 0 Å². The maximum Gasteiger partial charge on any atom is 0.416 e. The molecule has 0 aromatic heterocycles. The van der Waals surface area contributed by atoms with Crippen molar-refractivity contribution in [3.05, 3.63) is 35.4 Å². The number of likely N-dealkylation sites (tertiary alicyclic amines) is 2. The zero-order valence-corrected chi connectivity index (χ0v) is 15.0. The SMILES string of the molecule is O=C(c1ccc(C(F)(F)F)cc1)N1CC[C@H]2[C@H](CCCN2C(=O)C2CC2)C1. The predicted molar refractivity (Wildman–Crippen MR) is 92.9 cm³/mol. The van der Waals surface area contributed by atoms with Crippen LogP contribution in [0.4, 0.5) is 13.2 Å². The molecule has 3 fully saturated rings. The Labute approximate surface area is 156 Å². The van der Waals surface area contributed by atoms with Crippen molar-refractivity contribution in [1.29, 1.82) is 0 Å². The van der Waals surface area contributed by atoms with Crippen LogP contribution in [0.25, 0.3) is 0 Å². The quantitative estimate of drug-likeness (QED) is 0.787. The molecular weight excluding hydrogens is 357 g/mol. The Morgan fingerprint density at radius 3 is 2.30 bits per heavy atom. The Kier molecular flexibility index (Phi) is 4.64. The molecule has 2 aliphatic heterocycles. The summed E-state index contributed by atoms with van der Waals surface area (Å²) in [6, 6.07) is 4.61.